The van der Waals surface area contributed by atoms with Crippen molar-refractivity contribution in [3.8, 4) is 10.6 Å². The van der Waals surface area contributed by atoms with Gasteiger partial charge in [0.05, 0.1) is 18.3 Å². The number of carbonyl (C=O) groups is 1. The summed E-state index contributed by atoms with van der Waals surface area (Å²) in [6, 6.07) is 3.70. The molecule has 2 saturated heterocycles. The van der Waals surface area contributed by atoms with E-state index in [4.69, 9.17) is 0 Å². The largest absolute Gasteiger partial charge is 0.323 e. The summed E-state index contributed by atoms with van der Waals surface area (Å²) in [5.74, 6) is 0.451. The van der Waals surface area contributed by atoms with E-state index >= 15 is 0 Å². The van der Waals surface area contributed by atoms with E-state index in [1.807, 2.05) is 17.9 Å². The molecule has 168 valence electrons. The van der Waals surface area contributed by atoms with Crippen LogP contribution in [0.4, 0.5) is 19.4 Å². The molecule has 2 N–H and O–H groups in total. The number of urea groups is 1. The molecule has 2 aliphatic heterocycles. The molecule has 0 aromatic carbocycles. The van der Waals surface area contributed by atoms with Gasteiger partial charge in [-0.15, -0.1) is 10.2 Å². The average molecular weight is 460 g/mol. The Morgan fingerprint density at radius 1 is 1.19 bits per heavy atom. The number of aromatic nitrogens is 4. The van der Waals surface area contributed by atoms with Gasteiger partial charge in [-0.25, -0.2) is 18.6 Å². The zero-order valence-electron chi connectivity index (χ0n) is 17.5. The second-order valence-electron chi connectivity index (χ2n) is 8.30. The number of rotatable bonds is 5. The van der Waals surface area contributed by atoms with Crippen LogP contribution in [0.15, 0.2) is 24.5 Å². The van der Waals surface area contributed by atoms with Crippen LogP contribution in [0.2, 0.25) is 0 Å². The minimum absolute atomic E-state index is 0.0258. The molecule has 11 heteroatoms. The standard InChI is InChI=1S/C21H23F2N7OS/c1-11-28-29-20(32-11)13-4-12-5-19(26-9-17(12)25-8-13)27-21(31)30-15-2-3-16(30)7-14(6-15)24-10-18(22)23/h4-5,8-9,14-16,18,24H,2-3,6-7,10H2,1H3,(H,26,27,31)/t14-,15+,16?/m1/s1. The van der Waals surface area contributed by atoms with Crippen LogP contribution in [0.1, 0.15) is 30.7 Å². The zero-order valence-corrected chi connectivity index (χ0v) is 18.3. The first kappa shape index (κ1) is 21.1. The molecule has 2 aliphatic rings. The van der Waals surface area contributed by atoms with Crippen molar-refractivity contribution in [1.82, 2.24) is 30.4 Å². The van der Waals surface area contributed by atoms with Gasteiger partial charge < -0.3 is 10.2 Å². The number of nitrogens with one attached hydrogen (secondary N) is 2. The van der Waals surface area contributed by atoms with Crippen molar-refractivity contribution < 1.29 is 13.6 Å². The molecule has 5 heterocycles. The second-order valence-corrected chi connectivity index (χ2v) is 9.48. The number of anilines is 1. The number of hydrogen-bond acceptors (Lipinski definition) is 7. The molecule has 1 unspecified atom stereocenters. The van der Waals surface area contributed by atoms with Crippen molar-refractivity contribution in [3.05, 3.63) is 29.5 Å². The van der Waals surface area contributed by atoms with E-state index in [-0.39, 0.29) is 30.7 Å². The second kappa shape index (κ2) is 8.62. The minimum Gasteiger partial charge on any atom is -0.318 e. The summed E-state index contributed by atoms with van der Waals surface area (Å²) in [6.07, 6.45) is 4.18. The van der Waals surface area contributed by atoms with Gasteiger partial charge in [0, 0.05) is 35.3 Å². The Morgan fingerprint density at radius 3 is 2.66 bits per heavy atom. The summed E-state index contributed by atoms with van der Waals surface area (Å²) in [6.45, 7) is 1.60. The summed E-state index contributed by atoms with van der Waals surface area (Å²) in [5.41, 5.74) is 1.59. The first-order valence-electron chi connectivity index (χ1n) is 10.6. The highest BCUT2D eigenvalue weighted by Crippen LogP contribution is 2.36. The minimum atomic E-state index is -2.36. The molecule has 2 amide bonds. The summed E-state index contributed by atoms with van der Waals surface area (Å²) >= 11 is 1.49. The molecule has 3 atom stereocenters. The number of aryl methyl sites for hydroxylation is 1. The summed E-state index contributed by atoms with van der Waals surface area (Å²) in [5, 5.41) is 16.6. The fourth-order valence-electron chi connectivity index (χ4n) is 4.73. The van der Waals surface area contributed by atoms with E-state index in [0.717, 1.165) is 39.3 Å². The highest BCUT2D eigenvalue weighted by molar-refractivity contribution is 7.14. The van der Waals surface area contributed by atoms with Gasteiger partial charge >= 0.3 is 6.03 Å². The van der Waals surface area contributed by atoms with Crippen LogP contribution in [0.5, 0.6) is 0 Å². The van der Waals surface area contributed by atoms with Gasteiger partial charge in [0.1, 0.15) is 15.8 Å². The molecule has 5 rings (SSSR count). The first-order chi connectivity index (χ1) is 15.5. The number of hydrogen-bond donors (Lipinski definition) is 2. The summed E-state index contributed by atoms with van der Waals surface area (Å²) < 4.78 is 25.1. The molecule has 32 heavy (non-hydrogen) atoms. The van der Waals surface area contributed by atoms with Gasteiger partial charge in [0.15, 0.2) is 0 Å². The third-order valence-corrected chi connectivity index (χ3v) is 6.99. The molecule has 0 spiro atoms. The smallest absolute Gasteiger partial charge is 0.318 e. The number of fused-ring (bicyclic) bond motifs is 3. The Kier molecular flexibility index (Phi) is 5.68. The highest BCUT2D eigenvalue weighted by Gasteiger charge is 2.43. The van der Waals surface area contributed by atoms with Crippen LogP contribution in [0.3, 0.4) is 0 Å². The fraction of sp³-hybridized carbons (Fsp3) is 0.476. The Labute approximate surface area is 187 Å². The van der Waals surface area contributed by atoms with Gasteiger partial charge in [-0.1, -0.05) is 11.3 Å². The van der Waals surface area contributed by atoms with Gasteiger partial charge in [-0.3, -0.25) is 10.3 Å². The van der Waals surface area contributed by atoms with E-state index in [9.17, 15) is 13.6 Å². The molecule has 3 aromatic heterocycles. The van der Waals surface area contributed by atoms with E-state index in [2.05, 4.69) is 30.8 Å². The van der Waals surface area contributed by atoms with Crippen LogP contribution in [-0.2, 0) is 0 Å². The maximum atomic E-state index is 13.0. The zero-order chi connectivity index (χ0) is 22.2. The average Bonchev–Trinajstić information content (AvgIpc) is 3.32. The Balaban J connectivity index is 1.29. The van der Waals surface area contributed by atoms with E-state index in [1.165, 1.54) is 11.3 Å². The summed E-state index contributed by atoms with van der Waals surface area (Å²) in [4.78, 5) is 23.7. The van der Waals surface area contributed by atoms with Crippen LogP contribution in [0.25, 0.3) is 21.5 Å². The Hall–Kier alpha value is -2.79. The number of piperidine rings is 1. The molecule has 2 fully saturated rings. The third kappa shape index (κ3) is 4.26. The molecule has 3 aromatic rings. The molecule has 0 aliphatic carbocycles. The van der Waals surface area contributed by atoms with Crippen LogP contribution < -0.4 is 10.6 Å². The van der Waals surface area contributed by atoms with Crippen molar-refractivity contribution in [3.63, 3.8) is 0 Å². The Bertz CT molecular complexity index is 1130. The molecule has 2 bridgehead atoms. The van der Waals surface area contributed by atoms with Crippen molar-refractivity contribution in [2.24, 2.45) is 0 Å². The predicted molar refractivity (Wildman–Crippen MR) is 118 cm³/mol. The highest BCUT2D eigenvalue weighted by atomic mass is 32.1. The van der Waals surface area contributed by atoms with Crippen LogP contribution >= 0.6 is 11.3 Å². The first-order valence-corrected chi connectivity index (χ1v) is 11.4. The fourth-order valence-corrected chi connectivity index (χ4v) is 5.41. The number of pyridine rings is 2. The quantitative estimate of drug-likeness (QED) is 0.602. The van der Waals surface area contributed by atoms with Gasteiger partial charge in [-0.2, -0.15) is 0 Å². The number of halogens is 2. The van der Waals surface area contributed by atoms with Crippen LogP contribution in [0, 0.1) is 6.92 Å². The summed E-state index contributed by atoms with van der Waals surface area (Å²) in [7, 11) is 0. The maximum Gasteiger partial charge on any atom is 0.323 e. The molecular weight excluding hydrogens is 436 g/mol. The van der Waals surface area contributed by atoms with E-state index in [1.54, 1.807) is 18.5 Å². The maximum absolute atomic E-state index is 13.0. The van der Waals surface area contributed by atoms with Crippen molar-refractivity contribution in [2.45, 2.75) is 57.2 Å². The monoisotopic (exact) mass is 459 g/mol. The van der Waals surface area contributed by atoms with E-state index < -0.39 is 6.43 Å². The number of amides is 2. The molecule has 0 radical (unpaired) electrons. The molecular formula is C21H23F2N7OS. The Morgan fingerprint density at radius 2 is 1.97 bits per heavy atom. The SMILES string of the molecule is Cc1nnc(-c2cnc3cnc(NC(=O)N4C5CC[C@H]4C[C@@H](NCC(F)F)C5)cc3c2)s1. The predicted octanol–water partition coefficient (Wildman–Crippen LogP) is 3.84. The number of carbonyl (C=O) groups excluding carboxylic acids is 1. The molecule has 8 nitrogen and oxygen atoms in total. The number of alkyl halides is 2. The lowest BCUT2D eigenvalue weighted by Gasteiger charge is -2.39. The van der Waals surface area contributed by atoms with Gasteiger partial charge in [0.25, 0.3) is 6.43 Å². The lowest BCUT2D eigenvalue weighted by Crippen LogP contribution is -2.53. The van der Waals surface area contributed by atoms with Crippen molar-refractivity contribution >= 4 is 34.1 Å². The third-order valence-electron chi connectivity index (χ3n) is 6.10. The van der Waals surface area contributed by atoms with Crippen LogP contribution in [-0.4, -0.2) is 62.2 Å². The topological polar surface area (TPSA) is 95.9 Å². The lowest BCUT2D eigenvalue weighted by molar-refractivity contribution is 0.115. The van der Waals surface area contributed by atoms with Gasteiger partial charge in [0.2, 0.25) is 0 Å². The van der Waals surface area contributed by atoms with Crippen molar-refractivity contribution in [2.75, 3.05) is 11.9 Å². The number of nitrogens with zero attached hydrogens (tertiary/aromatic N) is 5. The lowest BCUT2D eigenvalue weighted by atomic mass is 9.97. The van der Waals surface area contributed by atoms with Crippen molar-refractivity contribution in [1.29, 1.82) is 0 Å². The molecule has 0 saturated carbocycles. The van der Waals surface area contributed by atoms with E-state index in [0.29, 0.717) is 18.7 Å². The van der Waals surface area contributed by atoms with Gasteiger partial charge in [-0.05, 0) is 44.7 Å². The normalized spacial score (nSPS) is 22.6.